The van der Waals surface area contributed by atoms with Crippen LogP contribution < -0.4 is 10.6 Å². The minimum Gasteiger partial charge on any atom is -0.444 e. The molecule has 1 aromatic rings. The van der Waals surface area contributed by atoms with E-state index >= 15 is 0 Å². The van der Waals surface area contributed by atoms with Gasteiger partial charge in [0.1, 0.15) is 5.76 Å². The van der Waals surface area contributed by atoms with Crippen LogP contribution in [0.1, 0.15) is 56.9 Å². The van der Waals surface area contributed by atoms with Gasteiger partial charge in [0, 0.05) is 13.6 Å². The van der Waals surface area contributed by atoms with Gasteiger partial charge in [0.25, 0.3) is 0 Å². The standard InChI is InChI=1S/C17H30N4O.HI/c1-12(2)9-17(7-6-8-17)11-20-16(18-5)19-10-15-21-13(3)14(4)22-15;/h12H,6-11H2,1-5H3,(H2,18,19,20);1H. The summed E-state index contributed by atoms with van der Waals surface area (Å²) in [6.45, 7) is 10.1. The van der Waals surface area contributed by atoms with E-state index < -0.39 is 0 Å². The van der Waals surface area contributed by atoms with Crippen molar-refractivity contribution in [1.29, 1.82) is 0 Å². The maximum Gasteiger partial charge on any atom is 0.214 e. The third-order valence-corrected chi connectivity index (χ3v) is 4.59. The normalized spacial score (nSPS) is 16.7. The van der Waals surface area contributed by atoms with Crippen molar-refractivity contribution in [3.05, 3.63) is 17.3 Å². The largest absolute Gasteiger partial charge is 0.444 e. The monoisotopic (exact) mass is 434 g/mol. The summed E-state index contributed by atoms with van der Waals surface area (Å²) in [5, 5.41) is 6.76. The zero-order valence-electron chi connectivity index (χ0n) is 15.0. The molecule has 1 aliphatic rings. The number of nitrogens with one attached hydrogen (secondary N) is 2. The van der Waals surface area contributed by atoms with Gasteiger partial charge in [-0.25, -0.2) is 4.98 Å². The van der Waals surface area contributed by atoms with Gasteiger partial charge < -0.3 is 15.1 Å². The summed E-state index contributed by atoms with van der Waals surface area (Å²) in [6, 6.07) is 0. The summed E-state index contributed by atoms with van der Waals surface area (Å²) >= 11 is 0. The second-order valence-corrected chi connectivity index (χ2v) is 6.98. The Hall–Kier alpha value is -0.790. The van der Waals surface area contributed by atoms with Crippen molar-refractivity contribution in [2.75, 3.05) is 13.6 Å². The number of nitrogens with zero attached hydrogens (tertiary/aromatic N) is 2. The molecular formula is C17H31IN4O. The highest BCUT2D eigenvalue weighted by atomic mass is 127. The number of rotatable bonds is 6. The fourth-order valence-corrected chi connectivity index (χ4v) is 3.26. The molecule has 2 N–H and O–H groups in total. The van der Waals surface area contributed by atoms with Crippen LogP contribution >= 0.6 is 24.0 Å². The molecule has 0 atom stereocenters. The van der Waals surface area contributed by atoms with Crippen molar-refractivity contribution >= 4 is 29.9 Å². The first-order chi connectivity index (χ1) is 10.4. The third kappa shape index (κ3) is 5.65. The van der Waals surface area contributed by atoms with Crippen molar-refractivity contribution < 1.29 is 4.42 Å². The van der Waals surface area contributed by atoms with E-state index in [-0.39, 0.29) is 24.0 Å². The Morgan fingerprint density at radius 1 is 1.30 bits per heavy atom. The molecule has 1 saturated carbocycles. The van der Waals surface area contributed by atoms with Crippen molar-refractivity contribution in [2.24, 2.45) is 16.3 Å². The SMILES string of the molecule is CN=C(NCc1nc(C)c(C)o1)NCC1(CC(C)C)CCC1.I. The highest BCUT2D eigenvalue weighted by Gasteiger charge is 2.37. The van der Waals surface area contributed by atoms with Gasteiger partial charge in [-0.15, -0.1) is 24.0 Å². The molecular weight excluding hydrogens is 403 g/mol. The van der Waals surface area contributed by atoms with Crippen LogP contribution in [-0.4, -0.2) is 24.5 Å². The van der Waals surface area contributed by atoms with E-state index in [4.69, 9.17) is 4.42 Å². The molecule has 1 aliphatic carbocycles. The predicted molar refractivity (Wildman–Crippen MR) is 105 cm³/mol. The smallest absolute Gasteiger partial charge is 0.214 e. The molecule has 5 nitrogen and oxygen atoms in total. The van der Waals surface area contributed by atoms with Crippen LogP contribution in [0.3, 0.4) is 0 Å². The summed E-state index contributed by atoms with van der Waals surface area (Å²) in [4.78, 5) is 8.68. The summed E-state index contributed by atoms with van der Waals surface area (Å²) in [6.07, 6.45) is 5.30. The van der Waals surface area contributed by atoms with Gasteiger partial charge in [0.2, 0.25) is 5.89 Å². The molecule has 2 rings (SSSR count). The summed E-state index contributed by atoms with van der Waals surface area (Å²) in [5.41, 5.74) is 1.41. The van der Waals surface area contributed by atoms with Crippen LogP contribution in [0.25, 0.3) is 0 Å². The third-order valence-electron chi connectivity index (χ3n) is 4.59. The molecule has 1 aromatic heterocycles. The van der Waals surface area contributed by atoms with Gasteiger partial charge in [-0.3, -0.25) is 4.99 Å². The number of aliphatic imine (C=N–C) groups is 1. The number of hydrogen-bond acceptors (Lipinski definition) is 3. The molecule has 0 aliphatic heterocycles. The first-order valence-corrected chi connectivity index (χ1v) is 8.31. The Morgan fingerprint density at radius 3 is 2.43 bits per heavy atom. The summed E-state index contributed by atoms with van der Waals surface area (Å²) < 4.78 is 5.58. The fraction of sp³-hybridized carbons (Fsp3) is 0.765. The van der Waals surface area contributed by atoms with E-state index in [9.17, 15) is 0 Å². The van der Waals surface area contributed by atoms with E-state index in [1.165, 1.54) is 25.7 Å². The average Bonchev–Trinajstić information content (AvgIpc) is 2.74. The van der Waals surface area contributed by atoms with Crippen LogP contribution in [-0.2, 0) is 6.54 Å². The lowest BCUT2D eigenvalue weighted by Crippen LogP contribution is -2.46. The minimum atomic E-state index is 0. The number of aromatic nitrogens is 1. The first kappa shape index (κ1) is 20.3. The molecule has 0 radical (unpaired) electrons. The molecule has 0 bridgehead atoms. The summed E-state index contributed by atoms with van der Waals surface area (Å²) in [5.74, 6) is 3.16. The fourth-order valence-electron chi connectivity index (χ4n) is 3.26. The maximum absolute atomic E-state index is 5.58. The topological polar surface area (TPSA) is 62.5 Å². The minimum absolute atomic E-state index is 0. The number of oxazole rings is 1. The van der Waals surface area contributed by atoms with Gasteiger partial charge in [0.15, 0.2) is 5.96 Å². The highest BCUT2D eigenvalue weighted by Crippen LogP contribution is 2.45. The number of aryl methyl sites for hydroxylation is 2. The van der Waals surface area contributed by atoms with Gasteiger partial charge >= 0.3 is 0 Å². The van der Waals surface area contributed by atoms with Crippen LogP contribution in [0.4, 0.5) is 0 Å². The van der Waals surface area contributed by atoms with Gasteiger partial charge in [0.05, 0.1) is 12.2 Å². The van der Waals surface area contributed by atoms with Crippen LogP contribution in [0.2, 0.25) is 0 Å². The van der Waals surface area contributed by atoms with Crippen molar-refractivity contribution in [3.63, 3.8) is 0 Å². The molecule has 132 valence electrons. The Morgan fingerprint density at radius 2 is 2.00 bits per heavy atom. The molecule has 1 heterocycles. The average molecular weight is 434 g/mol. The quantitative estimate of drug-likeness (QED) is 0.406. The van der Waals surface area contributed by atoms with Gasteiger partial charge in [-0.05, 0) is 44.4 Å². The van der Waals surface area contributed by atoms with E-state index in [0.717, 1.165) is 29.9 Å². The van der Waals surface area contributed by atoms with Crippen molar-refractivity contribution in [2.45, 2.75) is 59.9 Å². The Balaban J connectivity index is 0.00000264. The Bertz CT molecular complexity index is 501. The lowest BCUT2D eigenvalue weighted by atomic mass is 9.64. The zero-order valence-corrected chi connectivity index (χ0v) is 17.4. The Labute approximate surface area is 157 Å². The molecule has 0 spiro atoms. The van der Waals surface area contributed by atoms with E-state index in [1.54, 1.807) is 7.05 Å². The molecule has 0 amide bonds. The Kier molecular flexibility index (Phi) is 7.83. The zero-order chi connectivity index (χ0) is 16.2. The lowest BCUT2D eigenvalue weighted by Gasteiger charge is -2.43. The lowest BCUT2D eigenvalue weighted by molar-refractivity contribution is 0.104. The van der Waals surface area contributed by atoms with Crippen LogP contribution in [0.15, 0.2) is 9.41 Å². The molecule has 6 heteroatoms. The van der Waals surface area contributed by atoms with Gasteiger partial charge in [-0.2, -0.15) is 0 Å². The number of halogens is 1. The molecule has 23 heavy (non-hydrogen) atoms. The van der Waals surface area contributed by atoms with Gasteiger partial charge in [-0.1, -0.05) is 20.3 Å². The second-order valence-electron chi connectivity index (χ2n) is 6.98. The maximum atomic E-state index is 5.58. The van der Waals surface area contributed by atoms with Crippen molar-refractivity contribution in [1.82, 2.24) is 15.6 Å². The van der Waals surface area contributed by atoms with Crippen LogP contribution in [0, 0.1) is 25.2 Å². The number of guanidine groups is 1. The van der Waals surface area contributed by atoms with Crippen molar-refractivity contribution in [3.8, 4) is 0 Å². The number of hydrogen-bond donors (Lipinski definition) is 2. The second kappa shape index (κ2) is 8.89. The molecule has 1 fully saturated rings. The highest BCUT2D eigenvalue weighted by molar-refractivity contribution is 14.0. The first-order valence-electron chi connectivity index (χ1n) is 8.31. The van der Waals surface area contributed by atoms with E-state index in [1.807, 2.05) is 13.8 Å². The molecule has 0 unspecified atom stereocenters. The van der Waals surface area contributed by atoms with E-state index in [0.29, 0.717) is 17.9 Å². The molecule has 0 aromatic carbocycles. The molecule has 0 saturated heterocycles. The predicted octanol–water partition coefficient (Wildman–Crippen LogP) is 3.79. The van der Waals surface area contributed by atoms with E-state index in [2.05, 4.69) is 34.5 Å². The van der Waals surface area contributed by atoms with Crippen LogP contribution in [0.5, 0.6) is 0 Å². The summed E-state index contributed by atoms with van der Waals surface area (Å²) in [7, 11) is 1.80.